The quantitative estimate of drug-likeness (QED) is 0.682. The van der Waals surface area contributed by atoms with E-state index in [0.29, 0.717) is 0 Å². The van der Waals surface area contributed by atoms with Crippen LogP contribution in [0, 0.1) is 6.92 Å². The van der Waals surface area contributed by atoms with E-state index in [9.17, 15) is 0 Å². The zero-order valence-electron chi connectivity index (χ0n) is 10.6. The predicted molar refractivity (Wildman–Crippen MR) is 71.4 cm³/mol. The molecule has 0 aromatic heterocycles. The van der Waals surface area contributed by atoms with Crippen LogP contribution < -0.4 is 5.32 Å². The Balaban J connectivity index is 2.62. The van der Waals surface area contributed by atoms with Gasteiger partial charge < -0.3 is 5.32 Å². The fourth-order valence-electron chi connectivity index (χ4n) is 1.86. The van der Waals surface area contributed by atoms with Crippen LogP contribution in [-0.2, 0) is 13.0 Å². The molecule has 1 N–H and O–H groups in total. The lowest BCUT2D eigenvalue weighted by molar-refractivity contribution is 0.714. The summed E-state index contributed by atoms with van der Waals surface area (Å²) in [5.41, 5.74) is 4.26. The number of hydrogen-bond acceptors (Lipinski definition) is 1. The van der Waals surface area contributed by atoms with Gasteiger partial charge in [0.25, 0.3) is 0 Å². The monoisotopic (exact) mass is 217 g/mol. The molecular formula is C15H23N. The lowest BCUT2D eigenvalue weighted by Gasteiger charge is -2.09. The fraction of sp³-hybridized carbons (Fsp3) is 0.467. The van der Waals surface area contributed by atoms with E-state index in [2.05, 4.69) is 43.9 Å². The summed E-state index contributed by atoms with van der Waals surface area (Å²) in [4.78, 5) is 0. The topological polar surface area (TPSA) is 12.0 Å². The van der Waals surface area contributed by atoms with Gasteiger partial charge in [-0.05, 0) is 42.7 Å². The van der Waals surface area contributed by atoms with Crippen LogP contribution in [-0.4, -0.2) is 0 Å². The first kappa shape index (κ1) is 12.8. The van der Waals surface area contributed by atoms with Crippen molar-refractivity contribution in [2.24, 2.45) is 0 Å². The molecule has 0 heterocycles. The van der Waals surface area contributed by atoms with Crippen molar-refractivity contribution < 1.29 is 0 Å². The average Bonchev–Trinajstić information content (AvgIpc) is 2.30. The number of benzene rings is 1. The second kappa shape index (κ2) is 7.10. The molecule has 0 saturated heterocycles. The van der Waals surface area contributed by atoms with Gasteiger partial charge in [0.15, 0.2) is 0 Å². The zero-order valence-corrected chi connectivity index (χ0v) is 10.6. The molecule has 1 aromatic rings. The van der Waals surface area contributed by atoms with Crippen molar-refractivity contribution >= 4 is 0 Å². The van der Waals surface area contributed by atoms with Gasteiger partial charge in [-0.25, -0.2) is 0 Å². The van der Waals surface area contributed by atoms with E-state index in [1.54, 1.807) is 6.20 Å². The van der Waals surface area contributed by atoms with Crippen molar-refractivity contribution in [2.45, 2.75) is 46.1 Å². The Hall–Kier alpha value is -1.24. The molecule has 0 amide bonds. The smallest absolute Gasteiger partial charge is 0.0395 e. The molecule has 0 aliphatic rings. The van der Waals surface area contributed by atoms with Crippen LogP contribution in [0.1, 0.15) is 42.9 Å². The second-order valence-corrected chi connectivity index (χ2v) is 4.30. The second-order valence-electron chi connectivity index (χ2n) is 4.30. The van der Waals surface area contributed by atoms with E-state index in [1.807, 2.05) is 0 Å². The van der Waals surface area contributed by atoms with Gasteiger partial charge in [-0.2, -0.15) is 0 Å². The molecule has 1 rings (SSSR count). The van der Waals surface area contributed by atoms with Crippen molar-refractivity contribution in [1.29, 1.82) is 0 Å². The summed E-state index contributed by atoms with van der Waals surface area (Å²) < 4.78 is 0. The molecule has 0 spiro atoms. The molecule has 1 nitrogen and oxygen atoms in total. The number of unbranched alkanes of at least 4 members (excludes halogenated alkanes) is 2. The third kappa shape index (κ3) is 4.09. The summed E-state index contributed by atoms with van der Waals surface area (Å²) in [5.74, 6) is 0. The van der Waals surface area contributed by atoms with E-state index in [0.717, 1.165) is 6.54 Å². The van der Waals surface area contributed by atoms with Crippen LogP contribution in [0.5, 0.6) is 0 Å². The van der Waals surface area contributed by atoms with Crippen molar-refractivity contribution in [3.8, 4) is 0 Å². The molecule has 0 fully saturated rings. The van der Waals surface area contributed by atoms with Gasteiger partial charge >= 0.3 is 0 Å². The summed E-state index contributed by atoms with van der Waals surface area (Å²) in [6.07, 6.45) is 6.87. The molecule has 16 heavy (non-hydrogen) atoms. The van der Waals surface area contributed by atoms with Gasteiger partial charge in [0.05, 0.1) is 0 Å². The summed E-state index contributed by atoms with van der Waals surface area (Å²) >= 11 is 0. The minimum Gasteiger partial charge on any atom is -0.387 e. The zero-order chi connectivity index (χ0) is 11.8. The highest BCUT2D eigenvalue weighted by Crippen LogP contribution is 2.14. The van der Waals surface area contributed by atoms with Crippen LogP contribution in [0.3, 0.4) is 0 Å². The Bertz CT molecular complexity index is 328. The molecule has 0 aliphatic heterocycles. The van der Waals surface area contributed by atoms with Crippen LogP contribution in [0.25, 0.3) is 0 Å². The first-order valence-electron chi connectivity index (χ1n) is 6.20. The van der Waals surface area contributed by atoms with Crippen molar-refractivity contribution in [2.75, 3.05) is 0 Å². The van der Waals surface area contributed by atoms with Gasteiger partial charge in [0.1, 0.15) is 0 Å². The SMILES string of the molecule is C=CNCc1ccc(C)c(CCCCC)c1. The van der Waals surface area contributed by atoms with E-state index in [4.69, 9.17) is 0 Å². The molecule has 0 bridgehead atoms. The Kier molecular flexibility index (Phi) is 5.69. The van der Waals surface area contributed by atoms with E-state index in [-0.39, 0.29) is 0 Å². The van der Waals surface area contributed by atoms with Crippen LogP contribution >= 0.6 is 0 Å². The molecule has 1 aromatic carbocycles. The van der Waals surface area contributed by atoms with Gasteiger partial charge in [-0.15, -0.1) is 0 Å². The molecule has 0 aliphatic carbocycles. The van der Waals surface area contributed by atoms with Crippen LogP contribution in [0.4, 0.5) is 0 Å². The highest BCUT2D eigenvalue weighted by Gasteiger charge is 2.00. The predicted octanol–water partition coefficient (Wildman–Crippen LogP) is 3.96. The standard InChI is InChI=1S/C15H23N/c1-4-6-7-8-15-11-14(12-16-5-2)10-9-13(15)3/h5,9-11,16H,2,4,6-8,12H2,1,3H3. The third-order valence-corrected chi connectivity index (χ3v) is 2.91. The average molecular weight is 217 g/mol. The van der Waals surface area contributed by atoms with Crippen molar-refractivity contribution in [3.05, 3.63) is 47.7 Å². The lowest BCUT2D eigenvalue weighted by Crippen LogP contribution is -2.04. The summed E-state index contributed by atoms with van der Waals surface area (Å²) in [5, 5.41) is 3.14. The molecular weight excluding hydrogens is 194 g/mol. The molecule has 0 radical (unpaired) electrons. The first-order valence-corrected chi connectivity index (χ1v) is 6.20. The third-order valence-electron chi connectivity index (χ3n) is 2.91. The number of rotatable bonds is 7. The molecule has 0 unspecified atom stereocenters. The Labute approximate surface area is 99.6 Å². The highest BCUT2D eigenvalue weighted by molar-refractivity contribution is 5.31. The minimum atomic E-state index is 0.880. The number of nitrogens with one attached hydrogen (secondary N) is 1. The van der Waals surface area contributed by atoms with Crippen molar-refractivity contribution in [3.63, 3.8) is 0 Å². The molecule has 88 valence electrons. The van der Waals surface area contributed by atoms with Gasteiger partial charge in [-0.1, -0.05) is 44.5 Å². The summed E-state index contributed by atoms with van der Waals surface area (Å²) in [6.45, 7) is 8.99. The Morgan fingerprint density at radius 3 is 2.81 bits per heavy atom. The Morgan fingerprint density at radius 1 is 1.31 bits per heavy atom. The largest absolute Gasteiger partial charge is 0.387 e. The normalized spacial score (nSPS) is 10.1. The Morgan fingerprint density at radius 2 is 2.12 bits per heavy atom. The van der Waals surface area contributed by atoms with Gasteiger partial charge in [0, 0.05) is 6.54 Å². The summed E-state index contributed by atoms with van der Waals surface area (Å²) in [6, 6.07) is 6.73. The summed E-state index contributed by atoms with van der Waals surface area (Å²) in [7, 11) is 0. The lowest BCUT2D eigenvalue weighted by atomic mass is 9.99. The van der Waals surface area contributed by atoms with Crippen LogP contribution in [0.2, 0.25) is 0 Å². The van der Waals surface area contributed by atoms with Gasteiger partial charge in [0.2, 0.25) is 0 Å². The maximum Gasteiger partial charge on any atom is 0.0395 e. The van der Waals surface area contributed by atoms with Crippen LogP contribution in [0.15, 0.2) is 31.0 Å². The number of aryl methyl sites for hydroxylation is 2. The fourth-order valence-corrected chi connectivity index (χ4v) is 1.86. The minimum absolute atomic E-state index is 0.880. The highest BCUT2D eigenvalue weighted by atomic mass is 14.8. The number of hydrogen-bond donors (Lipinski definition) is 1. The first-order chi connectivity index (χ1) is 7.77. The van der Waals surface area contributed by atoms with Gasteiger partial charge in [-0.3, -0.25) is 0 Å². The van der Waals surface area contributed by atoms with E-state index in [1.165, 1.54) is 42.4 Å². The maximum absolute atomic E-state index is 3.67. The maximum atomic E-state index is 3.67. The molecule has 0 saturated carbocycles. The van der Waals surface area contributed by atoms with Crippen molar-refractivity contribution in [1.82, 2.24) is 5.32 Å². The van der Waals surface area contributed by atoms with E-state index < -0.39 is 0 Å². The molecule has 0 atom stereocenters. The molecule has 1 heteroatoms. The van der Waals surface area contributed by atoms with E-state index >= 15 is 0 Å².